The predicted molar refractivity (Wildman–Crippen MR) is 94.8 cm³/mol. The number of aromatic nitrogens is 5. The van der Waals surface area contributed by atoms with E-state index in [1.165, 1.54) is 5.56 Å². The number of anilines is 1. The lowest BCUT2D eigenvalue weighted by Crippen LogP contribution is -2.26. The van der Waals surface area contributed by atoms with Crippen molar-refractivity contribution in [3.63, 3.8) is 0 Å². The lowest BCUT2D eigenvalue weighted by molar-refractivity contribution is 0.761. The van der Waals surface area contributed by atoms with Gasteiger partial charge in [-0.25, -0.2) is 10.4 Å². The van der Waals surface area contributed by atoms with Gasteiger partial charge >= 0.3 is 0 Å². The Morgan fingerprint density at radius 1 is 1.21 bits per heavy atom. The molecule has 24 heavy (non-hydrogen) atoms. The summed E-state index contributed by atoms with van der Waals surface area (Å²) in [6.07, 6.45) is 2.19. The highest BCUT2D eigenvalue weighted by molar-refractivity contribution is 7.99. The normalized spacial score (nSPS) is 19.5. The topological polar surface area (TPSA) is 91.4 Å². The van der Waals surface area contributed by atoms with Crippen LogP contribution in [-0.4, -0.2) is 37.2 Å². The van der Waals surface area contributed by atoms with Crippen LogP contribution in [0.3, 0.4) is 0 Å². The summed E-state index contributed by atoms with van der Waals surface area (Å²) in [7, 11) is 0. The number of benzene rings is 1. The van der Waals surface area contributed by atoms with E-state index in [9.17, 15) is 0 Å². The quantitative estimate of drug-likeness (QED) is 0.346. The molecule has 1 fully saturated rings. The molecular weight excluding hydrogens is 322 g/mol. The third kappa shape index (κ3) is 3.20. The number of hydrogen-bond donors (Lipinski definition) is 3. The lowest BCUT2D eigenvalue weighted by atomic mass is 10.1. The molecule has 3 aromatic rings. The second kappa shape index (κ2) is 6.74. The molecule has 3 N–H and O–H groups in total. The van der Waals surface area contributed by atoms with Crippen molar-refractivity contribution in [2.75, 3.05) is 11.2 Å². The summed E-state index contributed by atoms with van der Waals surface area (Å²) in [5.41, 5.74) is 9.18. The summed E-state index contributed by atoms with van der Waals surface area (Å²) in [5, 5.41) is 11.6. The monoisotopic (exact) mass is 341 g/mol. The third-order valence-corrected chi connectivity index (χ3v) is 5.05. The van der Waals surface area contributed by atoms with E-state index in [2.05, 4.69) is 67.4 Å². The van der Waals surface area contributed by atoms with E-state index in [1.807, 2.05) is 6.07 Å². The van der Waals surface area contributed by atoms with E-state index in [0.717, 1.165) is 23.8 Å². The van der Waals surface area contributed by atoms with Crippen molar-refractivity contribution in [2.45, 2.75) is 36.9 Å². The van der Waals surface area contributed by atoms with Gasteiger partial charge in [-0.05, 0) is 18.4 Å². The highest BCUT2D eigenvalue weighted by Gasteiger charge is 2.38. The minimum atomic E-state index is 0.399. The third-order valence-electron chi connectivity index (χ3n) is 3.99. The Balaban J connectivity index is 1.45. The van der Waals surface area contributed by atoms with Crippen molar-refractivity contribution in [3.05, 3.63) is 35.9 Å². The van der Waals surface area contributed by atoms with Gasteiger partial charge in [0.2, 0.25) is 5.65 Å². The average molecular weight is 341 g/mol. The van der Waals surface area contributed by atoms with Crippen LogP contribution in [0.1, 0.15) is 31.2 Å². The Morgan fingerprint density at radius 3 is 2.92 bits per heavy atom. The van der Waals surface area contributed by atoms with Crippen LogP contribution in [0.5, 0.6) is 0 Å². The average Bonchev–Trinajstić information content (AvgIpc) is 3.25. The molecule has 8 heteroatoms. The fraction of sp³-hybridized carbons (Fsp3) is 0.375. The lowest BCUT2D eigenvalue weighted by Gasteiger charge is -2.09. The first-order valence-corrected chi connectivity index (χ1v) is 9.11. The molecular formula is C16H19N7S. The van der Waals surface area contributed by atoms with Gasteiger partial charge in [0.05, 0.1) is 0 Å². The SMILES string of the molecule is CCCSc1nc(NNC2CC2c2ccccc2)c2n[nH]nc2n1. The number of thioether (sulfide) groups is 1. The Hall–Kier alpha value is -2.19. The molecule has 2 heterocycles. The summed E-state index contributed by atoms with van der Waals surface area (Å²) < 4.78 is 0. The molecule has 7 nitrogen and oxygen atoms in total. The largest absolute Gasteiger partial charge is 0.303 e. The molecule has 124 valence electrons. The molecule has 1 aliphatic rings. The smallest absolute Gasteiger partial charge is 0.207 e. The van der Waals surface area contributed by atoms with Crippen LogP contribution >= 0.6 is 11.8 Å². The Labute approximate surface area is 144 Å². The van der Waals surface area contributed by atoms with E-state index in [-0.39, 0.29) is 0 Å². The van der Waals surface area contributed by atoms with Gasteiger partial charge in [-0.1, -0.05) is 49.0 Å². The highest BCUT2D eigenvalue weighted by atomic mass is 32.2. The van der Waals surface area contributed by atoms with Crippen LogP contribution in [0.15, 0.2) is 35.5 Å². The molecule has 2 aromatic heterocycles. The number of H-pyrrole nitrogens is 1. The number of hydrogen-bond acceptors (Lipinski definition) is 7. The van der Waals surface area contributed by atoms with E-state index >= 15 is 0 Å². The molecule has 4 rings (SSSR count). The van der Waals surface area contributed by atoms with Gasteiger partial charge in [0.15, 0.2) is 16.5 Å². The number of nitrogens with one attached hydrogen (secondary N) is 3. The van der Waals surface area contributed by atoms with Gasteiger partial charge < -0.3 is 5.43 Å². The van der Waals surface area contributed by atoms with Gasteiger partial charge in [0.1, 0.15) is 0 Å². The van der Waals surface area contributed by atoms with Crippen LogP contribution in [0, 0.1) is 0 Å². The molecule has 1 aromatic carbocycles. The fourth-order valence-corrected chi connectivity index (χ4v) is 3.35. The maximum absolute atomic E-state index is 4.56. The Kier molecular flexibility index (Phi) is 4.31. The van der Waals surface area contributed by atoms with Crippen molar-refractivity contribution in [1.82, 2.24) is 30.8 Å². The highest BCUT2D eigenvalue weighted by Crippen LogP contribution is 2.40. The number of hydrazine groups is 1. The molecule has 2 atom stereocenters. The van der Waals surface area contributed by atoms with E-state index in [0.29, 0.717) is 28.9 Å². The second-order valence-corrected chi connectivity index (χ2v) is 6.89. The number of fused-ring (bicyclic) bond motifs is 1. The summed E-state index contributed by atoms with van der Waals surface area (Å²) >= 11 is 1.63. The van der Waals surface area contributed by atoms with Crippen LogP contribution in [0.2, 0.25) is 0 Å². The molecule has 0 amide bonds. The van der Waals surface area contributed by atoms with Crippen molar-refractivity contribution in [3.8, 4) is 0 Å². The standard InChI is InChI=1S/C16H19N7S/c1-2-8-24-16-17-14(13-15(18-16)22-23-20-13)21-19-12-9-11(12)10-6-4-3-5-7-10/h3-7,11-12,19H,2,8-9H2,1H3,(H2,17,18,20,21,22,23). The zero-order chi connectivity index (χ0) is 16.4. The summed E-state index contributed by atoms with van der Waals surface area (Å²) in [6, 6.07) is 11.0. The first kappa shape index (κ1) is 15.3. The minimum absolute atomic E-state index is 0.399. The Morgan fingerprint density at radius 2 is 2.08 bits per heavy atom. The van der Waals surface area contributed by atoms with Gasteiger partial charge in [0.25, 0.3) is 0 Å². The van der Waals surface area contributed by atoms with Crippen LogP contribution in [0.25, 0.3) is 11.2 Å². The number of rotatable bonds is 7. The van der Waals surface area contributed by atoms with Gasteiger partial charge in [-0.3, -0.25) is 0 Å². The molecule has 0 radical (unpaired) electrons. The maximum atomic E-state index is 4.56. The van der Waals surface area contributed by atoms with Crippen LogP contribution in [-0.2, 0) is 0 Å². The first-order valence-electron chi connectivity index (χ1n) is 8.13. The first-order chi connectivity index (χ1) is 11.8. The van der Waals surface area contributed by atoms with E-state index < -0.39 is 0 Å². The predicted octanol–water partition coefficient (Wildman–Crippen LogP) is 2.72. The molecule has 0 saturated heterocycles. The summed E-state index contributed by atoms with van der Waals surface area (Å²) in [5.74, 6) is 2.20. The van der Waals surface area contributed by atoms with Crippen LogP contribution < -0.4 is 10.9 Å². The number of nitrogens with zero attached hydrogens (tertiary/aromatic N) is 4. The van der Waals surface area contributed by atoms with Crippen LogP contribution in [0.4, 0.5) is 5.82 Å². The molecule has 0 aliphatic heterocycles. The van der Waals surface area contributed by atoms with E-state index in [4.69, 9.17) is 0 Å². The maximum Gasteiger partial charge on any atom is 0.207 e. The van der Waals surface area contributed by atoms with Crippen molar-refractivity contribution in [2.24, 2.45) is 0 Å². The van der Waals surface area contributed by atoms with Gasteiger partial charge in [0, 0.05) is 17.7 Å². The van der Waals surface area contributed by atoms with Crippen molar-refractivity contribution >= 4 is 28.7 Å². The molecule has 1 saturated carbocycles. The molecule has 1 aliphatic carbocycles. The summed E-state index contributed by atoms with van der Waals surface area (Å²) in [6.45, 7) is 2.14. The molecule has 0 spiro atoms. The van der Waals surface area contributed by atoms with Crippen molar-refractivity contribution in [1.29, 1.82) is 0 Å². The molecule has 0 bridgehead atoms. The van der Waals surface area contributed by atoms with E-state index in [1.54, 1.807) is 11.8 Å². The Bertz CT molecular complexity index is 820. The zero-order valence-electron chi connectivity index (χ0n) is 13.4. The number of aromatic amines is 1. The minimum Gasteiger partial charge on any atom is -0.303 e. The molecule has 2 unspecified atom stereocenters. The zero-order valence-corrected chi connectivity index (χ0v) is 14.2. The van der Waals surface area contributed by atoms with Gasteiger partial charge in [-0.2, -0.15) is 15.3 Å². The fourth-order valence-electron chi connectivity index (χ4n) is 2.66. The van der Waals surface area contributed by atoms with Gasteiger partial charge in [-0.15, -0.1) is 5.10 Å². The summed E-state index contributed by atoms with van der Waals surface area (Å²) in [4.78, 5) is 8.98. The second-order valence-electron chi connectivity index (χ2n) is 5.83. The van der Waals surface area contributed by atoms with Crippen molar-refractivity contribution < 1.29 is 0 Å².